The van der Waals surface area contributed by atoms with Gasteiger partial charge in [0.2, 0.25) is 5.91 Å². The first-order valence-corrected chi connectivity index (χ1v) is 7.03. The topological polar surface area (TPSA) is 54.0 Å². The molecule has 4 nitrogen and oxygen atoms in total. The molecule has 94 valence electrons. The predicted octanol–water partition coefficient (Wildman–Crippen LogP) is 1.50. The molecule has 1 aromatic rings. The molecule has 5 heteroatoms. The van der Waals surface area contributed by atoms with E-state index in [0.29, 0.717) is 24.9 Å². The maximum atomic E-state index is 11.7. The van der Waals surface area contributed by atoms with Crippen LogP contribution in [0.15, 0.2) is 11.6 Å². The molecule has 0 bridgehead atoms. The van der Waals surface area contributed by atoms with Crippen molar-refractivity contribution in [1.29, 1.82) is 0 Å². The maximum absolute atomic E-state index is 11.7. The Balaban J connectivity index is 1.68. The van der Waals surface area contributed by atoms with Gasteiger partial charge in [-0.25, -0.2) is 4.98 Å². The molecule has 2 unspecified atom stereocenters. The minimum Gasteiger partial charge on any atom is -0.355 e. The van der Waals surface area contributed by atoms with Gasteiger partial charge < -0.3 is 10.6 Å². The Morgan fingerprint density at radius 2 is 2.65 bits per heavy atom. The van der Waals surface area contributed by atoms with Crippen LogP contribution >= 0.6 is 11.3 Å². The fourth-order valence-electron chi connectivity index (χ4n) is 2.06. The largest absolute Gasteiger partial charge is 0.355 e. The zero-order valence-electron chi connectivity index (χ0n) is 10.1. The van der Waals surface area contributed by atoms with E-state index in [4.69, 9.17) is 0 Å². The third kappa shape index (κ3) is 3.78. The van der Waals surface area contributed by atoms with Gasteiger partial charge in [-0.3, -0.25) is 4.79 Å². The first-order chi connectivity index (χ1) is 8.25. The fourth-order valence-corrected chi connectivity index (χ4v) is 2.76. The van der Waals surface area contributed by atoms with Crippen LogP contribution in [0, 0.1) is 0 Å². The molecule has 1 aliphatic rings. The zero-order chi connectivity index (χ0) is 12.1. The van der Waals surface area contributed by atoms with E-state index in [0.717, 1.165) is 18.0 Å². The molecule has 17 heavy (non-hydrogen) atoms. The highest BCUT2D eigenvalue weighted by atomic mass is 32.1. The number of hydrogen-bond donors (Lipinski definition) is 2. The summed E-state index contributed by atoms with van der Waals surface area (Å²) < 4.78 is 0. The summed E-state index contributed by atoms with van der Waals surface area (Å²) in [7, 11) is 0. The Hall–Kier alpha value is -0.940. The Bertz CT molecular complexity index is 347. The standard InChI is InChI=1S/C12H19N3OS/c1-9(12-14-5-6-17-12)8-15-11(16)7-10-3-2-4-13-10/h5-6,9-10,13H,2-4,7-8H2,1H3,(H,15,16). The fraction of sp³-hybridized carbons (Fsp3) is 0.667. The van der Waals surface area contributed by atoms with Crippen LogP contribution in [0.3, 0.4) is 0 Å². The molecule has 2 heterocycles. The number of hydrogen-bond acceptors (Lipinski definition) is 4. The van der Waals surface area contributed by atoms with Crippen molar-refractivity contribution in [2.45, 2.75) is 38.1 Å². The number of carbonyl (C=O) groups is 1. The summed E-state index contributed by atoms with van der Waals surface area (Å²) in [6.45, 7) is 3.82. The van der Waals surface area contributed by atoms with Gasteiger partial charge in [0.15, 0.2) is 0 Å². The van der Waals surface area contributed by atoms with E-state index < -0.39 is 0 Å². The molecule has 1 aromatic heterocycles. The highest BCUT2D eigenvalue weighted by molar-refractivity contribution is 7.09. The van der Waals surface area contributed by atoms with Crippen molar-refractivity contribution in [3.8, 4) is 0 Å². The van der Waals surface area contributed by atoms with Crippen molar-refractivity contribution in [3.63, 3.8) is 0 Å². The van der Waals surface area contributed by atoms with Gasteiger partial charge in [-0.15, -0.1) is 11.3 Å². The number of nitrogens with zero attached hydrogens (tertiary/aromatic N) is 1. The molecule has 1 amide bonds. The molecule has 0 radical (unpaired) electrons. The monoisotopic (exact) mass is 253 g/mol. The van der Waals surface area contributed by atoms with Gasteiger partial charge >= 0.3 is 0 Å². The lowest BCUT2D eigenvalue weighted by Crippen LogP contribution is -2.33. The number of carbonyl (C=O) groups excluding carboxylic acids is 1. The second-order valence-corrected chi connectivity index (χ2v) is 5.50. The molecule has 2 rings (SSSR count). The summed E-state index contributed by atoms with van der Waals surface area (Å²) >= 11 is 1.64. The summed E-state index contributed by atoms with van der Waals surface area (Å²) in [6.07, 6.45) is 4.72. The van der Waals surface area contributed by atoms with Crippen molar-refractivity contribution < 1.29 is 4.79 Å². The van der Waals surface area contributed by atoms with Crippen LogP contribution in [-0.4, -0.2) is 30.0 Å². The van der Waals surface area contributed by atoms with Gasteiger partial charge in [0.05, 0.1) is 5.01 Å². The van der Waals surface area contributed by atoms with Gasteiger partial charge in [0.25, 0.3) is 0 Å². The zero-order valence-corrected chi connectivity index (χ0v) is 10.9. The average molecular weight is 253 g/mol. The Morgan fingerprint density at radius 3 is 3.29 bits per heavy atom. The van der Waals surface area contributed by atoms with Crippen molar-refractivity contribution in [2.24, 2.45) is 0 Å². The van der Waals surface area contributed by atoms with Gasteiger partial charge in [0.1, 0.15) is 0 Å². The van der Waals surface area contributed by atoms with Gasteiger partial charge in [-0.05, 0) is 19.4 Å². The van der Waals surface area contributed by atoms with Crippen molar-refractivity contribution in [3.05, 3.63) is 16.6 Å². The Labute approximate surface area is 106 Å². The molecule has 0 aliphatic carbocycles. The molecule has 0 saturated carbocycles. The second kappa shape index (κ2) is 6.12. The van der Waals surface area contributed by atoms with Crippen LogP contribution in [0.2, 0.25) is 0 Å². The summed E-state index contributed by atoms with van der Waals surface area (Å²) in [5.74, 6) is 0.447. The smallest absolute Gasteiger partial charge is 0.221 e. The van der Waals surface area contributed by atoms with E-state index in [1.165, 1.54) is 6.42 Å². The Morgan fingerprint density at radius 1 is 1.76 bits per heavy atom. The third-order valence-electron chi connectivity index (χ3n) is 3.07. The molecule has 2 atom stereocenters. The van der Waals surface area contributed by atoms with Crippen LogP contribution in [0.25, 0.3) is 0 Å². The van der Waals surface area contributed by atoms with Crippen LogP contribution in [0.5, 0.6) is 0 Å². The van der Waals surface area contributed by atoms with Crippen LogP contribution in [0.1, 0.15) is 37.1 Å². The van der Waals surface area contributed by atoms with E-state index in [9.17, 15) is 4.79 Å². The highest BCUT2D eigenvalue weighted by Gasteiger charge is 2.18. The van der Waals surface area contributed by atoms with E-state index in [1.807, 2.05) is 5.38 Å². The molecule has 2 N–H and O–H groups in total. The number of rotatable bonds is 5. The minimum absolute atomic E-state index is 0.146. The van der Waals surface area contributed by atoms with Crippen LogP contribution < -0.4 is 10.6 Å². The molecular formula is C12H19N3OS. The molecule has 0 aromatic carbocycles. The summed E-state index contributed by atoms with van der Waals surface area (Å²) in [5.41, 5.74) is 0. The van der Waals surface area contributed by atoms with Crippen LogP contribution in [0.4, 0.5) is 0 Å². The van der Waals surface area contributed by atoms with E-state index >= 15 is 0 Å². The summed E-state index contributed by atoms with van der Waals surface area (Å²) in [6, 6.07) is 0.380. The van der Waals surface area contributed by atoms with Crippen molar-refractivity contribution in [1.82, 2.24) is 15.6 Å². The van der Waals surface area contributed by atoms with E-state index in [2.05, 4.69) is 22.5 Å². The van der Waals surface area contributed by atoms with Gasteiger partial charge in [-0.2, -0.15) is 0 Å². The number of amides is 1. The number of thiazole rings is 1. The highest BCUT2D eigenvalue weighted by Crippen LogP contribution is 2.16. The number of nitrogens with one attached hydrogen (secondary N) is 2. The van der Waals surface area contributed by atoms with Crippen molar-refractivity contribution in [2.75, 3.05) is 13.1 Å². The lowest BCUT2D eigenvalue weighted by molar-refractivity contribution is -0.121. The number of aromatic nitrogens is 1. The first kappa shape index (κ1) is 12.5. The lowest BCUT2D eigenvalue weighted by atomic mass is 10.1. The maximum Gasteiger partial charge on any atom is 0.221 e. The van der Waals surface area contributed by atoms with Gasteiger partial charge in [-0.1, -0.05) is 6.92 Å². The summed E-state index contributed by atoms with van der Waals surface area (Å²) in [4.78, 5) is 16.0. The Kier molecular flexibility index (Phi) is 4.50. The van der Waals surface area contributed by atoms with Gasteiger partial charge in [0, 0.05) is 36.5 Å². The molecular weight excluding hydrogens is 234 g/mol. The second-order valence-electron chi connectivity index (χ2n) is 4.57. The van der Waals surface area contributed by atoms with E-state index in [-0.39, 0.29) is 5.91 Å². The minimum atomic E-state index is 0.146. The predicted molar refractivity (Wildman–Crippen MR) is 69.2 cm³/mol. The molecule has 0 spiro atoms. The first-order valence-electron chi connectivity index (χ1n) is 6.15. The third-order valence-corrected chi connectivity index (χ3v) is 4.08. The average Bonchev–Trinajstić information content (AvgIpc) is 2.97. The van der Waals surface area contributed by atoms with Crippen molar-refractivity contribution >= 4 is 17.2 Å². The molecule has 1 saturated heterocycles. The van der Waals surface area contributed by atoms with Crippen LogP contribution in [-0.2, 0) is 4.79 Å². The quantitative estimate of drug-likeness (QED) is 0.836. The summed E-state index contributed by atoms with van der Waals surface area (Å²) in [5, 5.41) is 9.37. The molecule has 1 aliphatic heterocycles. The normalized spacial score (nSPS) is 21.4. The SMILES string of the molecule is CC(CNC(=O)CC1CCCN1)c1nccs1. The molecule has 1 fully saturated rings. The van der Waals surface area contributed by atoms with E-state index in [1.54, 1.807) is 17.5 Å². The lowest BCUT2D eigenvalue weighted by Gasteiger charge is -2.12.